The Morgan fingerprint density at radius 2 is 2.31 bits per heavy atom. The summed E-state index contributed by atoms with van der Waals surface area (Å²) < 4.78 is 0. The van der Waals surface area contributed by atoms with Crippen LogP contribution in [0.1, 0.15) is 33.1 Å². The number of carbonyl (C=O) groups is 1. The monoisotopic (exact) mass is 224 g/mol. The van der Waals surface area contributed by atoms with Gasteiger partial charge in [0.1, 0.15) is 5.41 Å². The number of aliphatic hydroxyl groups is 1. The van der Waals surface area contributed by atoms with Crippen molar-refractivity contribution in [3.63, 3.8) is 0 Å². The van der Waals surface area contributed by atoms with E-state index in [-0.39, 0.29) is 18.4 Å². The van der Waals surface area contributed by atoms with E-state index in [0.29, 0.717) is 31.7 Å². The lowest BCUT2D eigenvalue weighted by Gasteiger charge is -2.39. The van der Waals surface area contributed by atoms with Crippen molar-refractivity contribution in [2.75, 3.05) is 13.2 Å². The zero-order chi connectivity index (χ0) is 12.2. The molecule has 4 heteroatoms. The Morgan fingerprint density at radius 1 is 1.69 bits per heavy atom. The van der Waals surface area contributed by atoms with Gasteiger partial charge in [-0.15, -0.1) is 0 Å². The summed E-state index contributed by atoms with van der Waals surface area (Å²) in [5, 5.41) is 20.6. The number of nitriles is 1. The molecule has 1 fully saturated rings. The molecular weight excluding hydrogens is 204 g/mol. The van der Waals surface area contributed by atoms with Gasteiger partial charge in [-0.3, -0.25) is 4.79 Å². The van der Waals surface area contributed by atoms with Crippen molar-refractivity contribution in [1.29, 1.82) is 5.26 Å². The summed E-state index contributed by atoms with van der Waals surface area (Å²) in [7, 11) is 0. The lowest BCUT2D eigenvalue weighted by atomic mass is 9.63. The smallest absolute Gasteiger partial charge is 0.240 e. The van der Waals surface area contributed by atoms with Gasteiger partial charge >= 0.3 is 0 Å². The number of nitrogens with zero attached hydrogens (tertiary/aromatic N) is 1. The summed E-state index contributed by atoms with van der Waals surface area (Å²) in [5.41, 5.74) is -0.779. The number of aliphatic hydroxyl groups excluding tert-OH is 1. The molecule has 4 nitrogen and oxygen atoms in total. The molecule has 90 valence electrons. The molecule has 0 aliphatic heterocycles. The molecule has 1 aliphatic rings. The topological polar surface area (TPSA) is 73.1 Å². The molecule has 1 aliphatic carbocycles. The first-order valence-corrected chi connectivity index (χ1v) is 5.84. The van der Waals surface area contributed by atoms with E-state index in [1.807, 2.05) is 6.92 Å². The van der Waals surface area contributed by atoms with Crippen molar-refractivity contribution >= 4 is 5.91 Å². The van der Waals surface area contributed by atoms with Crippen molar-refractivity contribution in [3.05, 3.63) is 0 Å². The Labute approximate surface area is 96.6 Å². The number of carbonyl (C=O) groups excluding carboxylic acids is 1. The van der Waals surface area contributed by atoms with Gasteiger partial charge in [0.2, 0.25) is 5.91 Å². The number of rotatable bonds is 5. The summed E-state index contributed by atoms with van der Waals surface area (Å²) in [5.74, 6) is 0.584. The highest BCUT2D eigenvalue weighted by molar-refractivity contribution is 5.86. The molecular formula is C12H20N2O2. The maximum absolute atomic E-state index is 11.8. The van der Waals surface area contributed by atoms with Crippen LogP contribution in [-0.4, -0.2) is 24.2 Å². The van der Waals surface area contributed by atoms with Crippen LogP contribution in [0.5, 0.6) is 0 Å². The molecule has 1 rings (SSSR count). The van der Waals surface area contributed by atoms with Gasteiger partial charge < -0.3 is 10.4 Å². The van der Waals surface area contributed by atoms with Crippen molar-refractivity contribution in [3.8, 4) is 6.07 Å². The molecule has 0 aromatic carbocycles. The predicted octanol–water partition coefficient (Wildman–Crippen LogP) is 1.06. The third-order valence-corrected chi connectivity index (χ3v) is 3.28. The summed E-state index contributed by atoms with van der Waals surface area (Å²) in [6.45, 7) is 4.70. The van der Waals surface area contributed by atoms with Crippen LogP contribution in [-0.2, 0) is 4.79 Å². The third kappa shape index (κ3) is 2.73. The van der Waals surface area contributed by atoms with Crippen molar-refractivity contribution < 1.29 is 9.90 Å². The van der Waals surface area contributed by atoms with Crippen LogP contribution in [0.15, 0.2) is 0 Å². The van der Waals surface area contributed by atoms with Gasteiger partial charge in [-0.2, -0.15) is 5.26 Å². The van der Waals surface area contributed by atoms with Gasteiger partial charge in [0.05, 0.1) is 6.07 Å². The van der Waals surface area contributed by atoms with E-state index in [0.717, 1.165) is 0 Å². The molecule has 0 aromatic rings. The number of hydrogen-bond donors (Lipinski definition) is 2. The van der Waals surface area contributed by atoms with Crippen LogP contribution in [0.2, 0.25) is 0 Å². The lowest BCUT2D eigenvalue weighted by molar-refractivity contribution is -0.134. The first kappa shape index (κ1) is 13.0. The number of nitrogens with one attached hydrogen (secondary N) is 1. The quantitative estimate of drug-likeness (QED) is 0.733. The second kappa shape index (κ2) is 5.31. The molecule has 1 saturated carbocycles. The zero-order valence-corrected chi connectivity index (χ0v) is 9.99. The highest BCUT2D eigenvalue weighted by Gasteiger charge is 2.48. The number of hydrogen-bond acceptors (Lipinski definition) is 3. The first-order chi connectivity index (χ1) is 7.54. The summed E-state index contributed by atoms with van der Waals surface area (Å²) in [4.78, 5) is 11.8. The summed E-state index contributed by atoms with van der Waals surface area (Å²) in [6, 6.07) is 2.14. The normalized spacial score (nSPS) is 30.0. The molecule has 1 atom stereocenters. The zero-order valence-electron chi connectivity index (χ0n) is 9.99. The minimum Gasteiger partial charge on any atom is -0.396 e. The first-order valence-electron chi connectivity index (χ1n) is 5.84. The Hall–Kier alpha value is -1.08. The maximum atomic E-state index is 11.8. The van der Waals surface area contributed by atoms with Crippen LogP contribution >= 0.6 is 0 Å². The average molecular weight is 224 g/mol. The second-order valence-electron chi connectivity index (χ2n) is 5.03. The van der Waals surface area contributed by atoms with Crippen LogP contribution in [0.4, 0.5) is 0 Å². The standard InChI is InChI=1S/C12H20N2O2/c1-9(3-4-15)7-14-11(16)12(8-13)5-10(2)6-12/h9-10,15H,3-7H2,1-2H3,(H,14,16). The fraction of sp³-hybridized carbons (Fsp3) is 0.833. The summed E-state index contributed by atoms with van der Waals surface area (Å²) >= 11 is 0. The van der Waals surface area contributed by atoms with Gasteiger partial charge in [0.15, 0.2) is 0 Å². The van der Waals surface area contributed by atoms with Gasteiger partial charge in [-0.05, 0) is 31.1 Å². The molecule has 2 N–H and O–H groups in total. The molecule has 0 bridgehead atoms. The van der Waals surface area contributed by atoms with E-state index in [4.69, 9.17) is 10.4 Å². The third-order valence-electron chi connectivity index (χ3n) is 3.28. The summed E-state index contributed by atoms with van der Waals surface area (Å²) in [6.07, 6.45) is 2.02. The molecule has 1 amide bonds. The number of amides is 1. The van der Waals surface area contributed by atoms with E-state index in [1.54, 1.807) is 0 Å². The Bertz CT molecular complexity index is 290. The van der Waals surface area contributed by atoms with E-state index in [9.17, 15) is 4.79 Å². The van der Waals surface area contributed by atoms with Crippen LogP contribution < -0.4 is 5.32 Å². The molecule has 0 radical (unpaired) electrons. The molecule has 16 heavy (non-hydrogen) atoms. The Kier molecular flexibility index (Phi) is 4.31. The van der Waals surface area contributed by atoms with Gasteiger partial charge in [0, 0.05) is 13.2 Å². The molecule has 0 spiro atoms. The van der Waals surface area contributed by atoms with E-state index < -0.39 is 5.41 Å². The average Bonchev–Trinajstić information content (AvgIpc) is 2.21. The molecule has 0 saturated heterocycles. The minimum atomic E-state index is -0.779. The molecule has 1 unspecified atom stereocenters. The Balaban J connectivity index is 2.38. The van der Waals surface area contributed by atoms with E-state index in [2.05, 4.69) is 18.3 Å². The van der Waals surface area contributed by atoms with Gasteiger partial charge in [0.25, 0.3) is 0 Å². The highest BCUT2D eigenvalue weighted by atomic mass is 16.3. The largest absolute Gasteiger partial charge is 0.396 e. The fourth-order valence-corrected chi connectivity index (χ4v) is 2.22. The Morgan fingerprint density at radius 3 is 2.75 bits per heavy atom. The SMILES string of the molecule is CC(CCO)CNC(=O)C1(C#N)CC(C)C1. The van der Waals surface area contributed by atoms with Crippen LogP contribution in [0.25, 0.3) is 0 Å². The van der Waals surface area contributed by atoms with E-state index >= 15 is 0 Å². The van der Waals surface area contributed by atoms with Crippen LogP contribution in [0.3, 0.4) is 0 Å². The predicted molar refractivity (Wildman–Crippen MR) is 60.3 cm³/mol. The van der Waals surface area contributed by atoms with Crippen molar-refractivity contribution in [1.82, 2.24) is 5.32 Å². The molecule has 0 heterocycles. The fourth-order valence-electron chi connectivity index (χ4n) is 2.22. The minimum absolute atomic E-state index is 0.136. The maximum Gasteiger partial charge on any atom is 0.240 e. The van der Waals surface area contributed by atoms with Crippen molar-refractivity contribution in [2.45, 2.75) is 33.1 Å². The second-order valence-corrected chi connectivity index (χ2v) is 5.03. The highest BCUT2D eigenvalue weighted by Crippen LogP contribution is 2.44. The molecule has 0 aromatic heterocycles. The van der Waals surface area contributed by atoms with Gasteiger partial charge in [-0.25, -0.2) is 0 Å². The van der Waals surface area contributed by atoms with E-state index in [1.165, 1.54) is 0 Å². The van der Waals surface area contributed by atoms with Crippen molar-refractivity contribution in [2.24, 2.45) is 17.3 Å². The van der Waals surface area contributed by atoms with Gasteiger partial charge in [-0.1, -0.05) is 13.8 Å². The lowest BCUT2D eigenvalue weighted by Crippen LogP contribution is -2.49. The van der Waals surface area contributed by atoms with Crippen LogP contribution in [0, 0.1) is 28.6 Å².